The van der Waals surface area contributed by atoms with Gasteiger partial charge in [0.2, 0.25) is 5.91 Å². The summed E-state index contributed by atoms with van der Waals surface area (Å²) in [6.07, 6.45) is 1.08. The molecule has 2 aromatic carbocycles. The molecule has 1 amide bonds. The summed E-state index contributed by atoms with van der Waals surface area (Å²) >= 11 is 3.39. The number of ether oxygens (including phenoxy) is 3. The van der Waals surface area contributed by atoms with E-state index in [0.29, 0.717) is 44.1 Å². The van der Waals surface area contributed by atoms with Crippen molar-refractivity contribution in [3.8, 4) is 17.2 Å². The topological polar surface area (TPSA) is 56.8 Å². The highest BCUT2D eigenvalue weighted by molar-refractivity contribution is 9.10. The number of amides is 1. The van der Waals surface area contributed by atoms with Gasteiger partial charge >= 0.3 is 0 Å². The van der Waals surface area contributed by atoms with Gasteiger partial charge in [0.1, 0.15) is 12.4 Å². The third-order valence-electron chi connectivity index (χ3n) is 3.36. The molecule has 5 nitrogen and oxygen atoms in total. The number of benzene rings is 2. The van der Waals surface area contributed by atoms with Gasteiger partial charge in [-0.3, -0.25) is 4.79 Å². The quantitative estimate of drug-likeness (QED) is 0.608. The van der Waals surface area contributed by atoms with Gasteiger partial charge in [-0.25, -0.2) is 0 Å². The second-order valence-corrected chi connectivity index (χ2v) is 6.17. The van der Waals surface area contributed by atoms with Gasteiger partial charge in [0.25, 0.3) is 0 Å². The summed E-state index contributed by atoms with van der Waals surface area (Å²) < 4.78 is 17.4. The van der Waals surface area contributed by atoms with E-state index in [0.717, 1.165) is 10.2 Å². The first-order valence-electron chi connectivity index (χ1n) is 8.10. The van der Waals surface area contributed by atoms with Gasteiger partial charge in [-0.1, -0.05) is 34.1 Å². The normalized spacial score (nSPS) is 10.2. The van der Waals surface area contributed by atoms with Crippen LogP contribution < -0.4 is 19.5 Å². The van der Waals surface area contributed by atoms with Crippen molar-refractivity contribution in [2.75, 3.05) is 26.9 Å². The van der Waals surface area contributed by atoms with Crippen LogP contribution in [-0.4, -0.2) is 32.8 Å². The molecule has 0 aliphatic carbocycles. The Hall–Kier alpha value is -2.21. The first kappa shape index (κ1) is 19.1. The number of para-hydroxylation sites is 2. The van der Waals surface area contributed by atoms with Gasteiger partial charge in [0.05, 0.1) is 20.3 Å². The number of halogens is 1. The Morgan fingerprint density at radius 2 is 1.84 bits per heavy atom. The second kappa shape index (κ2) is 10.6. The lowest BCUT2D eigenvalue weighted by molar-refractivity contribution is -0.121. The van der Waals surface area contributed by atoms with Crippen LogP contribution in [0.4, 0.5) is 0 Å². The minimum Gasteiger partial charge on any atom is -0.494 e. The Morgan fingerprint density at radius 1 is 1.04 bits per heavy atom. The molecule has 0 aliphatic rings. The zero-order chi connectivity index (χ0) is 17.9. The molecular formula is C19H22BrNO4. The molecule has 25 heavy (non-hydrogen) atoms. The molecule has 0 bridgehead atoms. The maximum atomic E-state index is 11.8. The molecule has 0 fully saturated rings. The summed E-state index contributed by atoms with van der Waals surface area (Å²) in [6.45, 7) is 1.34. The molecule has 6 heteroatoms. The monoisotopic (exact) mass is 407 g/mol. The fraction of sp³-hybridized carbons (Fsp3) is 0.316. The highest BCUT2D eigenvalue weighted by atomic mass is 79.9. The van der Waals surface area contributed by atoms with Crippen LogP contribution in [0.15, 0.2) is 53.0 Å². The predicted molar refractivity (Wildman–Crippen MR) is 100 cm³/mol. The van der Waals surface area contributed by atoms with Crippen molar-refractivity contribution in [2.24, 2.45) is 0 Å². The largest absolute Gasteiger partial charge is 0.494 e. The van der Waals surface area contributed by atoms with E-state index in [1.807, 2.05) is 48.5 Å². The minimum atomic E-state index is -0.0125. The van der Waals surface area contributed by atoms with Crippen LogP contribution in [0.2, 0.25) is 0 Å². The van der Waals surface area contributed by atoms with E-state index in [4.69, 9.17) is 14.2 Å². The van der Waals surface area contributed by atoms with Crippen LogP contribution in [0, 0.1) is 0 Å². The number of carbonyl (C=O) groups is 1. The molecule has 134 valence electrons. The Kier molecular flexibility index (Phi) is 8.12. The molecule has 0 radical (unpaired) electrons. The fourth-order valence-electron chi connectivity index (χ4n) is 2.16. The first-order valence-corrected chi connectivity index (χ1v) is 8.89. The number of carbonyl (C=O) groups excluding carboxylic acids is 1. The van der Waals surface area contributed by atoms with Gasteiger partial charge in [-0.05, 0) is 36.8 Å². The van der Waals surface area contributed by atoms with Crippen LogP contribution >= 0.6 is 15.9 Å². The third-order valence-corrected chi connectivity index (χ3v) is 3.86. The fourth-order valence-corrected chi connectivity index (χ4v) is 2.54. The first-order chi connectivity index (χ1) is 12.2. The number of hydrogen-bond acceptors (Lipinski definition) is 4. The van der Waals surface area contributed by atoms with Crippen molar-refractivity contribution >= 4 is 21.8 Å². The van der Waals surface area contributed by atoms with Crippen LogP contribution in [0.1, 0.15) is 12.8 Å². The standard InChI is InChI=1S/C19H22BrNO4/c1-23-17-8-2-3-9-18(17)25-13-11-21-19(22)10-5-12-24-16-7-4-6-15(20)14-16/h2-4,6-9,14H,5,10-13H2,1H3,(H,21,22). The van der Waals surface area contributed by atoms with E-state index >= 15 is 0 Å². The molecule has 0 spiro atoms. The third kappa shape index (κ3) is 7.05. The summed E-state index contributed by atoms with van der Waals surface area (Å²) in [7, 11) is 1.60. The number of hydrogen-bond donors (Lipinski definition) is 1. The summed E-state index contributed by atoms with van der Waals surface area (Å²) in [5, 5.41) is 2.83. The van der Waals surface area contributed by atoms with Gasteiger partial charge in [-0.2, -0.15) is 0 Å². The van der Waals surface area contributed by atoms with Crippen molar-refractivity contribution in [1.82, 2.24) is 5.32 Å². The van der Waals surface area contributed by atoms with E-state index in [2.05, 4.69) is 21.2 Å². The number of rotatable bonds is 10. The molecule has 0 atom stereocenters. The number of methoxy groups -OCH3 is 1. The molecule has 0 heterocycles. The molecule has 0 saturated heterocycles. The SMILES string of the molecule is COc1ccccc1OCCNC(=O)CCCOc1cccc(Br)c1. The van der Waals surface area contributed by atoms with E-state index < -0.39 is 0 Å². The zero-order valence-electron chi connectivity index (χ0n) is 14.2. The van der Waals surface area contributed by atoms with E-state index in [1.165, 1.54) is 0 Å². The van der Waals surface area contributed by atoms with E-state index in [-0.39, 0.29) is 5.91 Å². The van der Waals surface area contributed by atoms with Gasteiger partial charge in [-0.15, -0.1) is 0 Å². The molecule has 0 saturated carbocycles. The smallest absolute Gasteiger partial charge is 0.220 e. The summed E-state index contributed by atoms with van der Waals surface area (Å²) in [5.74, 6) is 2.13. The summed E-state index contributed by atoms with van der Waals surface area (Å²) in [4.78, 5) is 11.8. The number of nitrogens with one attached hydrogen (secondary N) is 1. The lowest BCUT2D eigenvalue weighted by atomic mass is 10.3. The van der Waals surface area contributed by atoms with Crippen molar-refractivity contribution in [1.29, 1.82) is 0 Å². The van der Waals surface area contributed by atoms with Crippen LogP contribution in [0.25, 0.3) is 0 Å². The van der Waals surface area contributed by atoms with Crippen molar-refractivity contribution in [3.63, 3.8) is 0 Å². The average Bonchev–Trinajstić information content (AvgIpc) is 2.63. The molecule has 0 aliphatic heterocycles. The van der Waals surface area contributed by atoms with Crippen molar-refractivity contribution < 1.29 is 19.0 Å². The van der Waals surface area contributed by atoms with E-state index in [1.54, 1.807) is 7.11 Å². The summed E-state index contributed by atoms with van der Waals surface area (Å²) in [6, 6.07) is 15.1. The van der Waals surface area contributed by atoms with Gasteiger partial charge in [0.15, 0.2) is 11.5 Å². The van der Waals surface area contributed by atoms with Crippen LogP contribution in [-0.2, 0) is 4.79 Å². The Morgan fingerprint density at radius 3 is 2.60 bits per heavy atom. The molecular weight excluding hydrogens is 386 g/mol. The highest BCUT2D eigenvalue weighted by Crippen LogP contribution is 2.25. The minimum absolute atomic E-state index is 0.0125. The van der Waals surface area contributed by atoms with Crippen LogP contribution in [0.3, 0.4) is 0 Å². The highest BCUT2D eigenvalue weighted by Gasteiger charge is 2.04. The Balaban J connectivity index is 1.56. The zero-order valence-corrected chi connectivity index (χ0v) is 15.8. The molecule has 0 unspecified atom stereocenters. The predicted octanol–water partition coefficient (Wildman–Crippen LogP) is 3.81. The van der Waals surface area contributed by atoms with Crippen LogP contribution in [0.5, 0.6) is 17.2 Å². The summed E-state index contributed by atoms with van der Waals surface area (Å²) in [5.41, 5.74) is 0. The second-order valence-electron chi connectivity index (χ2n) is 5.26. The van der Waals surface area contributed by atoms with E-state index in [9.17, 15) is 4.79 Å². The lowest BCUT2D eigenvalue weighted by Crippen LogP contribution is -2.28. The Bertz CT molecular complexity index is 678. The molecule has 0 aromatic heterocycles. The van der Waals surface area contributed by atoms with Gasteiger partial charge < -0.3 is 19.5 Å². The average molecular weight is 408 g/mol. The molecule has 1 N–H and O–H groups in total. The maximum Gasteiger partial charge on any atom is 0.220 e. The lowest BCUT2D eigenvalue weighted by Gasteiger charge is -2.11. The molecule has 2 aromatic rings. The van der Waals surface area contributed by atoms with Gasteiger partial charge in [0, 0.05) is 10.9 Å². The Labute approximate surface area is 156 Å². The van der Waals surface area contributed by atoms with Crippen molar-refractivity contribution in [2.45, 2.75) is 12.8 Å². The van der Waals surface area contributed by atoms with Crippen molar-refractivity contribution in [3.05, 3.63) is 53.0 Å². The molecule has 2 rings (SSSR count). The maximum absolute atomic E-state index is 11.8.